The smallest absolute Gasteiger partial charge is 0.253 e. The van der Waals surface area contributed by atoms with Gasteiger partial charge in [0.25, 0.3) is 10.0 Å². The number of sulfonamides is 1. The number of nitrogens with zero attached hydrogens (tertiary/aromatic N) is 2. The van der Waals surface area contributed by atoms with Crippen molar-refractivity contribution in [1.29, 1.82) is 0 Å². The van der Waals surface area contributed by atoms with Gasteiger partial charge in [0.15, 0.2) is 0 Å². The molecule has 2 saturated heterocycles. The number of hydrogen-bond donors (Lipinski definition) is 1. The van der Waals surface area contributed by atoms with Crippen molar-refractivity contribution in [2.45, 2.75) is 42.0 Å². The Morgan fingerprint density at radius 2 is 2.00 bits per heavy atom. The second-order valence-electron chi connectivity index (χ2n) is 5.89. The Morgan fingerprint density at radius 1 is 1.26 bits per heavy atom. The van der Waals surface area contributed by atoms with Crippen molar-refractivity contribution in [3.8, 4) is 0 Å². The van der Waals surface area contributed by atoms with Gasteiger partial charge in [-0.1, -0.05) is 6.07 Å². The molecule has 2 unspecified atom stereocenters. The molecule has 1 amide bonds. The zero-order valence-corrected chi connectivity index (χ0v) is 15.2. The minimum Gasteiger partial charge on any atom is -0.340 e. The molecule has 1 aromatic rings. The third-order valence-corrected chi connectivity index (χ3v) is 7.60. The summed E-state index contributed by atoms with van der Waals surface area (Å²) in [6, 6.07) is 2.74. The zero-order chi connectivity index (χ0) is 15.7. The third-order valence-electron chi connectivity index (χ3n) is 4.32. The summed E-state index contributed by atoms with van der Waals surface area (Å²) in [5.41, 5.74) is 5.94. The highest BCUT2D eigenvalue weighted by molar-refractivity contribution is 7.91. The second-order valence-corrected chi connectivity index (χ2v) is 8.96. The van der Waals surface area contributed by atoms with Crippen LogP contribution in [0.2, 0.25) is 0 Å². The molecule has 0 bridgehead atoms. The first-order valence-corrected chi connectivity index (χ1v) is 9.92. The van der Waals surface area contributed by atoms with Crippen LogP contribution in [0.25, 0.3) is 0 Å². The van der Waals surface area contributed by atoms with Crippen LogP contribution in [-0.4, -0.2) is 55.2 Å². The standard InChI is InChI=1S/C14H21N3O3S2.ClH/c15-11-4-1-7-16(10-11)14(18)12-5-2-8-17(12)22(19,20)13-6-3-9-21-13;/h3,6,9,11-12H,1-2,4-5,7-8,10,15H2;1H. The minimum absolute atomic E-state index is 0. The fourth-order valence-electron chi connectivity index (χ4n) is 3.22. The topological polar surface area (TPSA) is 83.7 Å². The molecule has 0 spiro atoms. The van der Waals surface area contributed by atoms with Crippen molar-refractivity contribution in [1.82, 2.24) is 9.21 Å². The molecule has 0 aliphatic carbocycles. The largest absolute Gasteiger partial charge is 0.340 e. The number of piperidine rings is 1. The molecule has 0 aromatic carbocycles. The number of nitrogens with two attached hydrogens (primary N) is 1. The van der Waals surface area contributed by atoms with E-state index in [1.165, 1.54) is 15.6 Å². The van der Waals surface area contributed by atoms with Crippen molar-refractivity contribution >= 4 is 39.7 Å². The molecule has 2 aliphatic heterocycles. The first kappa shape index (κ1) is 18.7. The second kappa shape index (κ2) is 7.48. The summed E-state index contributed by atoms with van der Waals surface area (Å²) >= 11 is 1.19. The fraction of sp³-hybridized carbons (Fsp3) is 0.643. The number of likely N-dealkylation sites (tertiary alicyclic amines) is 1. The summed E-state index contributed by atoms with van der Waals surface area (Å²) in [7, 11) is -3.57. The number of thiophene rings is 1. The molecular formula is C14H22ClN3O3S2. The normalized spacial score (nSPS) is 26.0. The average molecular weight is 380 g/mol. The molecule has 9 heteroatoms. The average Bonchev–Trinajstić information content (AvgIpc) is 3.18. The Hall–Kier alpha value is -0.670. The number of hydrogen-bond acceptors (Lipinski definition) is 5. The summed E-state index contributed by atoms with van der Waals surface area (Å²) in [5, 5.41) is 1.74. The number of carbonyl (C=O) groups excluding carboxylic acids is 1. The van der Waals surface area contributed by atoms with Gasteiger partial charge in [-0.3, -0.25) is 4.79 Å². The first-order valence-electron chi connectivity index (χ1n) is 7.60. The lowest BCUT2D eigenvalue weighted by atomic mass is 10.1. The number of halogens is 1. The molecule has 23 heavy (non-hydrogen) atoms. The molecule has 6 nitrogen and oxygen atoms in total. The van der Waals surface area contributed by atoms with E-state index in [-0.39, 0.29) is 24.4 Å². The molecule has 3 rings (SSSR count). The van der Waals surface area contributed by atoms with E-state index in [2.05, 4.69) is 0 Å². The summed E-state index contributed by atoms with van der Waals surface area (Å²) in [6.45, 7) is 1.62. The predicted molar refractivity (Wildman–Crippen MR) is 92.3 cm³/mol. The van der Waals surface area contributed by atoms with Crippen LogP contribution in [-0.2, 0) is 14.8 Å². The molecule has 2 N–H and O–H groups in total. The number of carbonyl (C=O) groups is 1. The van der Waals surface area contributed by atoms with Crippen LogP contribution >= 0.6 is 23.7 Å². The molecule has 2 atom stereocenters. The van der Waals surface area contributed by atoms with Gasteiger partial charge >= 0.3 is 0 Å². The van der Waals surface area contributed by atoms with Crippen molar-refractivity contribution in [2.24, 2.45) is 5.73 Å². The maximum Gasteiger partial charge on any atom is 0.253 e. The van der Waals surface area contributed by atoms with Gasteiger partial charge in [-0.05, 0) is 37.1 Å². The van der Waals surface area contributed by atoms with Gasteiger partial charge in [0.05, 0.1) is 0 Å². The van der Waals surface area contributed by atoms with Crippen molar-refractivity contribution < 1.29 is 13.2 Å². The number of amides is 1. The fourth-order valence-corrected chi connectivity index (χ4v) is 5.99. The molecule has 130 valence electrons. The lowest BCUT2D eigenvalue weighted by Gasteiger charge is -2.34. The van der Waals surface area contributed by atoms with Gasteiger partial charge in [0.1, 0.15) is 10.3 Å². The summed E-state index contributed by atoms with van der Waals surface area (Å²) in [5.74, 6) is -0.0900. The van der Waals surface area contributed by atoms with E-state index < -0.39 is 16.1 Å². The van der Waals surface area contributed by atoms with Crippen molar-refractivity contribution in [3.05, 3.63) is 17.5 Å². The van der Waals surface area contributed by atoms with Gasteiger partial charge in [-0.15, -0.1) is 23.7 Å². The maximum absolute atomic E-state index is 12.7. The van der Waals surface area contributed by atoms with Crippen LogP contribution in [0.5, 0.6) is 0 Å². The van der Waals surface area contributed by atoms with E-state index >= 15 is 0 Å². The Morgan fingerprint density at radius 3 is 2.65 bits per heavy atom. The summed E-state index contributed by atoms with van der Waals surface area (Å²) in [4.78, 5) is 14.5. The lowest BCUT2D eigenvalue weighted by molar-refractivity contribution is -0.135. The Kier molecular flexibility index (Phi) is 6.07. The highest BCUT2D eigenvalue weighted by Crippen LogP contribution is 2.29. The van der Waals surface area contributed by atoms with E-state index in [0.29, 0.717) is 30.3 Å². The Bertz CT molecular complexity index is 636. The molecule has 3 heterocycles. The Balaban J connectivity index is 0.00000192. The molecule has 0 radical (unpaired) electrons. The third kappa shape index (κ3) is 3.71. The van der Waals surface area contributed by atoms with Crippen molar-refractivity contribution in [2.75, 3.05) is 19.6 Å². The van der Waals surface area contributed by atoms with E-state index in [1.54, 1.807) is 22.4 Å². The summed E-state index contributed by atoms with van der Waals surface area (Å²) < 4.78 is 27.1. The predicted octanol–water partition coefficient (Wildman–Crippen LogP) is 1.27. The van der Waals surface area contributed by atoms with E-state index in [1.807, 2.05) is 0 Å². The van der Waals surface area contributed by atoms with Gasteiger partial charge in [-0.2, -0.15) is 4.31 Å². The van der Waals surface area contributed by atoms with Crippen LogP contribution in [0, 0.1) is 0 Å². The number of rotatable bonds is 3. The molecule has 0 saturated carbocycles. The Labute approximate surface area is 147 Å². The van der Waals surface area contributed by atoms with E-state index in [4.69, 9.17) is 5.73 Å². The van der Waals surface area contributed by atoms with Crippen LogP contribution in [0.1, 0.15) is 25.7 Å². The van der Waals surface area contributed by atoms with E-state index in [9.17, 15) is 13.2 Å². The van der Waals surface area contributed by atoms with Crippen LogP contribution in [0.4, 0.5) is 0 Å². The van der Waals surface area contributed by atoms with E-state index in [0.717, 1.165) is 19.3 Å². The first-order chi connectivity index (χ1) is 10.5. The molecule has 1 aromatic heterocycles. The summed E-state index contributed by atoms with van der Waals surface area (Å²) in [6.07, 6.45) is 3.12. The SMILES string of the molecule is Cl.NC1CCCN(C(=O)C2CCCN2S(=O)(=O)c2cccs2)C1. The van der Waals surface area contributed by atoms with Gasteiger partial charge in [0.2, 0.25) is 5.91 Å². The van der Waals surface area contributed by atoms with Gasteiger partial charge in [-0.25, -0.2) is 8.42 Å². The lowest BCUT2D eigenvalue weighted by Crippen LogP contribution is -2.52. The molecular weight excluding hydrogens is 358 g/mol. The van der Waals surface area contributed by atoms with Crippen molar-refractivity contribution in [3.63, 3.8) is 0 Å². The highest BCUT2D eigenvalue weighted by Gasteiger charge is 2.42. The quantitative estimate of drug-likeness (QED) is 0.857. The monoisotopic (exact) mass is 379 g/mol. The minimum atomic E-state index is -3.57. The van der Waals surface area contributed by atoms with Crippen LogP contribution in [0.3, 0.4) is 0 Å². The zero-order valence-electron chi connectivity index (χ0n) is 12.8. The highest BCUT2D eigenvalue weighted by atomic mass is 35.5. The molecule has 2 fully saturated rings. The van der Waals surface area contributed by atoms with Crippen LogP contribution < -0.4 is 5.73 Å². The maximum atomic E-state index is 12.7. The van der Waals surface area contributed by atoms with Gasteiger partial charge in [0, 0.05) is 25.7 Å². The molecule has 2 aliphatic rings. The van der Waals surface area contributed by atoms with Crippen LogP contribution in [0.15, 0.2) is 21.7 Å². The van der Waals surface area contributed by atoms with Gasteiger partial charge < -0.3 is 10.6 Å².